The number of methoxy groups -OCH3 is 1. The molecule has 0 unspecified atom stereocenters. The van der Waals surface area contributed by atoms with Crippen LogP contribution in [0.25, 0.3) is 27.7 Å². The van der Waals surface area contributed by atoms with Crippen molar-refractivity contribution >= 4 is 16.9 Å². The second-order valence-corrected chi connectivity index (χ2v) is 9.90. The molecule has 0 saturated heterocycles. The molecule has 0 radical (unpaired) electrons. The highest BCUT2D eigenvalue weighted by Crippen LogP contribution is 2.47. The maximum atomic E-state index is 14.9. The molecular weight excluding hydrogens is 539 g/mol. The molecule has 5 rings (SSSR count). The molecule has 0 spiro atoms. The van der Waals surface area contributed by atoms with E-state index < -0.39 is 34.6 Å². The molecule has 0 aliphatic heterocycles. The van der Waals surface area contributed by atoms with E-state index >= 15 is 0 Å². The van der Waals surface area contributed by atoms with Crippen LogP contribution in [0.4, 0.5) is 13.2 Å². The van der Waals surface area contributed by atoms with E-state index in [1.807, 2.05) is 13.8 Å². The molecule has 0 saturated carbocycles. The first-order valence-electron chi connectivity index (χ1n) is 12.4. The second kappa shape index (κ2) is 10.5. The number of rotatable bonds is 8. The second-order valence-electron chi connectivity index (χ2n) is 9.90. The van der Waals surface area contributed by atoms with Gasteiger partial charge in [0.2, 0.25) is 11.7 Å². The van der Waals surface area contributed by atoms with E-state index in [9.17, 15) is 28.2 Å². The summed E-state index contributed by atoms with van der Waals surface area (Å²) in [5, 5.41) is 20.4. The average molecular weight is 564 g/mol. The Morgan fingerprint density at radius 1 is 1.02 bits per heavy atom. The Morgan fingerprint density at radius 3 is 2.39 bits per heavy atom. The van der Waals surface area contributed by atoms with Gasteiger partial charge in [-0.1, -0.05) is 26.0 Å². The highest BCUT2D eigenvalue weighted by atomic mass is 19.2. The van der Waals surface area contributed by atoms with E-state index in [-0.39, 0.29) is 34.7 Å². The van der Waals surface area contributed by atoms with Gasteiger partial charge >= 0.3 is 5.97 Å². The lowest BCUT2D eigenvalue weighted by atomic mass is 9.84. The van der Waals surface area contributed by atoms with Crippen LogP contribution in [0.2, 0.25) is 0 Å². The van der Waals surface area contributed by atoms with E-state index in [0.29, 0.717) is 22.5 Å². The first-order valence-corrected chi connectivity index (χ1v) is 12.4. The van der Waals surface area contributed by atoms with Crippen LogP contribution in [0.3, 0.4) is 0 Å². The van der Waals surface area contributed by atoms with Gasteiger partial charge in [-0.2, -0.15) is 4.39 Å². The smallest absolute Gasteiger partial charge is 0.335 e. The number of hydrogen-bond acceptors (Lipinski definition) is 6. The van der Waals surface area contributed by atoms with Crippen LogP contribution < -0.4 is 9.47 Å². The van der Waals surface area contributed by atoms with Crippen LogP contribution in [0.5, 0.6) is 17.4 Å². The summed E-state index contributed by atoms with van der Waals surface area (Å²) in [5.41, 5.74) is 0.599. The number of phenols is 1. The summed E-state index contributed by atoms with van der Waals surface area (Å²) in [7, 11) is 1.30. The average Bonchev–Trinajstić information content (AvgIpc) is 3.31. The van der Waals surface area contributed by atoms with Crippen molar-refractivity contribution in [1.29, 1.82) is 0 Å². The fraction of sp³-hybridized carbons (Fsp3) is 0.167. The third-order valence-electron chi connectivity index (χ3n) is 6.72. The van der Waals surface area contributed by atoms with E-state index in [1.165, 1.54) is 62.1 Å². The highest BCUT2D eigenvalue weighted by Gasteiger charge is 2.35. The molecule has 2 N–H and O–H groups in total. The predicted octanol–water partition coefficient (Wildman–Crippen LogP) is 6.27. The van der Waals surface area contributed by atoms with Crippen molar-refractivity contribution in [2.45, 2.75) is 19.3 Å². The number of hydrogen-bond donors (Lipinski definition) is 2. The van der Waals surface area contributed by atoms with Crippen molar-refractivity contribution in [3.63, 3.8) is 0 Å². The van der Waals surface area contributed by atoms with Crippen LogP contribution in [0, 0.1) is 17.5 Å². The zero-order valence-electron chi connectivity index (χ0n) is 22.2. The van der Waals surface area contributed by atoms with Crippen molar-refractivity contribution in [2.75, 3.05) is 13.7 Å². The fourth-order valence-electron chi connectivity index (χ4n) is 4.82. The zero-order valence-corrected chi connectivity index (χ0v) is 22.2. The standard InChI is InChI=1S/C30H24F3N3O5/c1-30(2,14-41-23-10-11-34-15-35-23)28-24(16-4-6-17(7-5-16)29(38)39)25-21(13-20(32)26(33)27(25)37)36(28)18-8-9-19(31)22(12-18)40-3/h4-13,15,37H,14H2,1-3H3,(H,38,39). The summed E-state index contributed by atoms with van der Waals surface area (Å²) in [6.07, 6.45) is 2.83. The minimum atomic E-state index is -1.45. The Hall–Kier alpha value is -5.06. The first kappa shape index (κ1) is 27.5. The van der Waals surface area contributed by atoms with Crippen LogP contribution >= 0.6 is 0 Å². The third-order valence-corrected chi connectivity index (χ3v) is 6.72. The lowest BCUT2D eigenvalue weighted by Gasteiger charge is -2.29. The maximum Gasteiger partial charge on any atom is 0.335 e. The van der Waals surface area contributed by atoms with Gasteiger partial charge in [0.25, 0.3) is 0 Å². The number of aromatic hydroxyl groups is 1. The summed E-state index contributed by atoms with van der Waals surface area (Å²) in [6, 6.07) is 12.3. The van der Waals surface area contributed by atoms with Gasteiger partial charge in [-0.3, -0.25) is 0 Å². The van der Waals surface area contributed by atoms with E-state index in [2.05, 4.69) is 9.97 Å². The van der Waals surface area contributed by atoms with Crippen molar-refractivity contribution in [1.82, 2.24) is 14.5 Å². The van der Waals surface area contributed by atoms with Gasteiger partial charge in [-0.05, 0) is 29.8 Å². The summed E-state index contributed by atoms with van der Waals surface area (Å²) in [6.45, 7) is 3.64. The Labute approximate surface area is 232 Å². The first-order chi connectivity index (χ1) is 19.5. The van der Waals surface area contributed by atoms with Gasteiger partial charge in [0.1, 0.15) is 12.9 Å². The molecule has 5 aromatic rings. The van der Waals surface area contributed by atoms with Crippen LogP contribution in [0.15, 0.2) is 67.1 Å². The number of aromatic carboxylic acids is 1. The Bertz CT molecular complexity index is 1770. The summed E-state index contributed by atoms with van der Waals surface area (Å²) in [4.78, 5) is 19.5. The molecule has 8 nitrogen and oxygen atoms in total. The van der Waals surface area contributed by atoms with Gasteiger partial charge < -0.3 is 24.3 Å². The van der Waals surface area contributed by atoms with Crippen LogP contribution in [-0.2, 0) is 5.41 Å². The largest absolute Gasteiger partial charge is 0.504 e. The van der Waals surface area contributed by atoms with Crippen molar-refractivity contribution in [3.8, 4) is 34.2 Å². The zero-order chi connectivity index (χ0) is 29.5. The molecule has 0 aliphatic rings. The molecule has 0 fully saturated rings. The van der Waals surface area contributed by atoms with Crippen LogP contribution in [-0.4, -0.2) is 44.4 Å². The Balaban J connectivity index is 1.88. The summed E-state index contributed by atoms with van der Waals surface area (Å²) >= 11 is 0. The molecule has 2 aromatic heterocycles. The topological polar surface area (TPSA) is 107 Å². The minimum absolute atomic E-state index is 0.00456. The number of fused-ring (bicyclic) bond motifs is 1. The molecule has 0 bridgehead atoms. The highest BCUT2D eigenvalue weighted by molar-refractivity contribution is 6.04. The van der Waals surface area contributed by atoms with Gasteiger partial charge in [0, 0.05) is 46.8 Å². The number of carboxylic acid groups (broad SMARTS) is 1. The maximum absolute atomic E-state index is 14.9. The molecule has 0 atom stereocenters. The predicted molar refractivity (Wildman–Crippen MR) is 144 cm³/mol. The molecule has 2 heterocycles. The fourth-order valence-corrected chi connectivity index (χ4v) is 4.82. The number of carboxylic acids is 1. The number of phenolic OH excluding ortho intramolecular Hbond substituents is 1. The third kappa shape index (κ3) is 4.90. The van der Waals surface area contributed by atoms with Crippen LogP contribution in [0.1, 0.15) is 29.9 Å². The number of halogens is 3. The van der Waals surface area contributed by atoms with E-state index in [0.717, 1.165) is 6.07 Å². The van der Waals surface area contributed by atoms with Gasteiger partial charge in [0.05, 0.1) is 23.6 Å². The minimum Gasteiger partial charge on any atom is -0.504 e. The normalized spacial score (nSPS) is 11.6. The molecule has 0 amide bonds. The monoisotopic (exact) mass is 563 g/mol. The van der Waals surface area contributed by atoms with Gasteiger partial charge in [-0.15, -0.1) is 0 Å². The Kier molecular flexibility index (Phi) is 7.04. The molecule has 41 heavy (non-hydrogen) atoms. The lowest BCUT2D eigenvalue weighted by Crippen LogP contribution is -2.30. The molecule has 210 valence electrons. The quantitative estimate of drug-likeness (QED) is 0.229. The summed E-state index contributed by atoms with van der Waals surface area (Å²) < 4.78 is 56.9. The molecule has 3 aromatic carbocycles. The molecular formula is C30H24F3N3O5. The number of aromatic nitrogens is 3. The van der Waals surface area contributed by atoms with Crippen molar-refractivity contribution in [3.05, 3.63) is 95.8 Å². The van der Waals surface area contributed by atoms with Crippen molar-refractivity contribution in [2.24, 2.45) is 0 Å². The molecule has 11 heteroatoms. The SMILES string of the molecule is COc1cc(-n2c(C(C)(C)COc3ccncn3)c(-c3ccc(C(=O)O)cc3)c3c(O)c(F)c(F)cc32)ccc1F. The number of carbonyl (C=O) groups is 1. The van der Waals surface area contributed by atoms with Gasteiger partial charge in [-0.25, -0.2) is 23.5 Å². The molecule has 0 aliphatic carbocycles. The number of ether oxygens (including phenoxy) is 2. The van der Waals surface area contributed by atoms with E-state index in [1.54, 1.807) is 10.6 Å². The Morgan fingerprint density at radius 2 is 1.76 bits per heavy atom. The summed E-state index contributed by atoms with van der Waals surface area (Å²) in [5.74, 6) is -5.26. The number of benzene rings is 3. The number of nitrogens with zero attached hydrogens (tertiary/aromatic N) is 3. The van der Waals surface area contributed by atoms with E-state index in [4.69, 9.17) is 9.47 Å². The van der Waals surface area contributed by atoms with Crippen molar-refractivity contribution < 1.29 is 37.7 Å². The lowest BCUT2D eigenvalue weighted by molar-refractivity contribution is 0.0697. The van der Waals surface area contributed by atoms with Gasteiger partial charge in [0.15, 0.2) is 23.1 Å².